The second-order valence-corrected chi connectivity index (χ2v) is 9.51. The number of hydrogen-bond donors (Lipinski definition) is 3. The number of halogens is 4. The predicted molar refractivity (Wildman–Crippen MR) is 135 cm³/mol. The molecular weight excluding hydrogens is 520 g/mol. The number of aliphatic hydroxyl groups is 1. The number of imidazole rings is 1. The molecule has 0 amide bonds. The van der Waals surface area contributed by atoms with Crippen molar-refractivity contribution in [2.24, 2.45) is 5.73 Å². The van der Waals surface area contributed by atoms with Crippen LogP contribution < -0.4 is 21.1 Å². The van der Waals surface area contributed by atoms with Gasteiger partial charge in [0.05, 0.1) is 37.6 Å². The highest BCUT2D eigenvalue weighted by molar-refractivity contribution is 5.81. The quantitative estimate of drug-likeness (QED) is 0.298. The van der Waals surface area contributed by atoms with Gasteiger partial charge >= 0.3 is 0 Å². The van der Waals surface area contributed by atoms with Gasteiger partial charge in [0, 0.05) is 24.7 Å². The van der Waals surface area contributed by atoms with Crippen LogP contribution in [0, 0.1) is 11.6 Å². The number of rotatable bonds is 7. The Morgan fingerprint density at radius 3 is 2.67 bits per heavy atom. The van der Waals surface area contributed by atoms with Gasteiger partial charge in [-0.15, -0.1) is 0 Å². The summed E-state index contributed by atoms with van der Waals surface area (Å²) in [6.07, 6.45) is 4.54. The lowest BCUT2D eigenvalue weighted by Gasteiger charge is -2.45. The summed E-state index contributed by atoms with van der Waals surface area (Å²) in [5.41, 5.74) is 11.8. The van der Waals surface area contributed by atoms with Crippen molar-refractivity contribution in [2.75, 3.05) is 37.4 Å². The molecule has 1 saturated heterocycles. The second kappa shape index (κ2) is 9.93. The number of aromatic nitrogens is 5. The Balaban J connectivity index is 1.61. The summed E-state index contributed by atoms with van der Waals surface area (Å²) < 4.78 is 65.1. The highest BCUT2D eigenvalue weighted by Gasteiger charge is 2.52. The van der Waals surface area contributed by atoms with Crippen molar-refractivity contribution in [3.8, 4) is 17.0 Å². The Hall–Kier alpha value is -4.04. The molecule has 5 rings (SSSR count). The summed E-state index contributed by atoms with van der Waals surface area (Å²) in [5, 5.41) is 9.30. The minimum atomic E-state index is -3.52. The van der Waals surface area contributed by atoms with E-state index in [9.17, 15) is 22.7 Å². The van der Waals surface area contributed by atoms with Crippen molar-refractivity contribution in [2.45, 2.75) is 30.8 Å². The van der Waals surface area contributed by atoms with Crippen molar-refractivity contribution < 1.29 is 27.4 Å². The number of alkyl halides is 2. The lowest BCUT2D eigenvalue weighted by atomic mass is 9.83. The molecule has 206 valence electrons. The van der Waals surface area contributed by atoms with Crippen molar-refractivity contribution in [1.29, 1.82) is 0 Å². The third-order valence-electron chi connectivity index (χ3n) is 7.05. The topological polar surface area (TPSA) is 141 Å². The molecule has 10 nitrogen and oxygen atoms in total. The molecule has 1 aromatic carbocycles. The van der Waals surface area contributed by atoms with Crippen LogP contribution in [-0.2, 0) is 6.54 Å². The van der Waals surface area contributed by atoms with Crippen LogP contribution in [0.4, 0.5) is 29.1 Å². The van der Waals surface area contributed by atoms with Crippen molar-refractivity contribution >= 4 is 22.7 Å². The summed E-state index contributed by atoms with van der Waals surface area (Å²) in [6.45, 7) is -1.14. The van der Waals surface area contributed by atoms with Gasteiger partial charge in [-0.3, -0.25) is 4.98 Å². The van der Waals surface area contributed by atoms with Crippen LogP contribution >= 0.6 is 0 Å². The lowest BCUT2D eigenvalue weighted by Crippen LogP contribution is -2.66. The van der Waals surface area contributed by atoms with Gasteiger partial charge < -0.3 is 30.8 Å². The first-order chi connectivity index (χ1) is 18.6. The monoisotopic (exact) mass is 546 g/mol. The van der Waals surface area contributed by atoms with E-state index in [2.05, 4.69) is 19.9 Å². The Labute approximate surface area is 220 Å². The SMILES string of the molecule is COc1cc(F)c(-c2cc(Cn3cnc4c(N)ncnc43)c(N3CCC[C@](N)(C(F)(F)CO)C3)cn2)cc1F. The van der Waals surface area contributed by atoms with Gasteiger partial charge in [-0.25, -0.2) is 32.5 Å². The largest absolute Gasteiger partial charge is 0.494 e. The Bertz CT molecular complexity index is 1530. The van der Waals surface area contributed by atoms with Crippen LogP contribution in [0.2, 0.25) is 0 Å². The second-order valence-electron chi connectivity index (χ2n) is 9.51. The predicted octanol–water partition coefficient (Wildman–Crippen LogP) is 2.73. The first kappa shape index (κ1) is 26.6. The van der Waals surface area contributed by atoms with Crippen LogP contribution in [-0.4, -0.2) is 67.9 Å². The molecule has 39 heavy (non-hydrogen) atoms. The third kappa shape index (κ3) is 4.69. The number of anilines is 2. The maximum atomic E-state index is 14.9. The molecule has 1 atom stereocenters. The molecule has 0 unspecified atom stereocenters. The maximum Gasteiger partial charge on any atom is 0.289 e. The van der Waals surface area contributed by atoms with E-state index >= 15 is 0 Å². The number of nitrogens with two attached hydrogens (primary N) is 2. The van der Waals surface area contributed by atoms with Gasteiger partial charge in [-0.05, 0) is 30.5 Å². The average Bonchev–Trinajstić information content (AvgIpc) is 3.33. The van der Waals surface area contributed by atoms with Crippen LogP contribution in [0.1, 0.15) is 18.4 Å². The van der Waals surface area contributed by atoms with Gasteiger partial charge in [-0.1, -0.05) is 0 Å². The molecule has 5 N–H and O–H groups in total. The molecular formula is C25H26F4N8O2. The number of nitrogen functional groups attached to an aromatic ring is 1. The van der Waals surface area contributed by atoms with E-state index in [1.165, 1.54) is 26.0 Å². The number of methoxy groups -OCH3 is 1. The number of pyridine rings is 1. The Morgan fingerprint density at radius 1 is 1.13 bits per heavy atom. The van der Waals surface area contributed by atoms with Crippen LogP contribution in [0.5, 0.6) is 5.75 Å². The molecule has 0 radical (unpaired) electrons. The van der Waals surface area contributed by atoms with Gasteiger partial charge in [-0.2, -0.15) is 0 Å². The standard InChI is InChI=1S/C25H26F4N8O2/c1-39-20-7-16(26)15(6-17(20)27)18-5-14(9-37-13-35-21-22(30)33-12-34-23(21)37)19(8-32-18)36-4-2-3-24(31,10-36)25(28,29)11-38/h5-8,12-13,38H,2-4,9-11,31H2,1H3,(H2,30,33,34)/t24-/m1/s1. The lowest BCUT2D eigenvalue weighted by molar-refractivity contribution is -0.114. The molecule has 14 heteroatoms. The van der Waals surface area contributed by atoms with Crippen molar-refractivity contribution in [3.05, 3.63) is 54.2 Å². The van der Waals surface area contributed by atoms with Crippen molar-refractivity contribution in [1.82, 2.24) is 24.5 Å². The summed E-state index contributed by atoms with van der Waals surface area (Å²) >= 11 is 0. The highest BCUT2D eigenvalue weighted by atomic mass is 19.3. The molecule has 0 saturated carbocycles. The van der Waals surface area contributed by atoms with E-state index in [0.29, 0.717) is 35.4 Å². The normalized spacial score (nSPS) is 18.1. The third-order valence-corrected chi connectivity index (χ3v) is 7.05. The number of hydrogen-bond acceptors (Lipinski definition) is 9. The molecule has 4 heterocycles. The van der Waals surface area contributed by atoms with Gasteiger partial charge in [0.1, 0.15) is 29.8 Å². The number of aliphatic hydroxyl groups excluding tert-OH is 1. The molecule has 1 fully saturated rings. The molecule has 0 spiro atoms. The Kier molecular flexibility index (Phi) is 6.76. The summed E-state index contributed by atoms with van der Waals surface area (Å²) in [7, 11) is 1.23. The van der Waals surface area contributed by atoms with E-state index in [4.69, 9.17) is 16.2 Å². The Morgan fingerprint density at radius 2 is 1.92 bits per heavy atom. The molecule has 3 aromatic heterocycles. The number of benzene rings is 1. The number of ether oxygens (including phenoxy) is 1. The number of fused-ring (bicyclic) bond motifs is 1. The van der Waals surface area contributed by atoms with Crippen molar-refractivity contribution in [3.63, 3.8) is 0 Å². The molecule has 1 aliphatic rings. The average molecular weight is 547 g/mol. The summed E-state index contributed by atoms with van der Waals surface area (Å²) in [5.74, 6) is -5.12. The number of nitrogens with zero attached hydrogens (tertiary/aromatic N) is 6. The fraction of sp³-hybridized carbons (Fsp3) is 0.360. The van der Waals surface area contributed by atoms with Gasteiger partial charge in [0.15, 0.2) is 23.0 Å². The zero-order chi connectivity index (χ0) is 27.9. The zero-order valence-electron chi connectivity index (χ0n) is 20.9. The van der Waals surface area contributed by atoms with Gasteiger partial charge in [0.25, 0.3) is 5.92 Å². The maximum absolute atomic E-state index is 14.9. The first-order valence-electron chi connectivity index (χ1n) is 12.0. The summed E-state index contributed by atoms with van der Waals surface area (Å²) in [4.78, 5) is 18.4. The van der Waals surface area contributed by atoms with E-state index in [0.717, 1.165) is 12.1 Å². The smallest absolute Gasteiger partial charge is 0.289 e. The molecule has 1 aliphatic heterocycles. The fourth-order valence-electron chi connectivity index (χ4n) is 4.87. The van der Waals surface area contributed by atoms with E-state index in [1.54, 1.807) is 15.5 Å². The molecule has 4 aromatic rings. The molecule has 0 bridgehead atoms. The molecule has 0 aliphatic carbocycles. The van der Waals surface area contributed by atoms with Crippen LogP contribution in [0.3, 0.4) is 0 Å². The van der Waals surface area contributed by atoms with E-state index < -0.39 is 29.7 Å². The highest BCUT2D eigenvalue weighted by Crippen LogP contribution is 2.38. The number of piperidine rings is 1. The minimum absolute atomic E-state index is 0.0105. The summed E-state index contributed by atoms with van der Waals surface area (Å²) in [6, 6.07) is 3.45. The van der Waals surface area contributed by atoms with Gasteiger partial charge in [0.2, 0.25) is 0 Å². The first-order valence-corrected chi connectivity index (χ1v) is 12.0. The van der Waals surface area contributed by atoms with E-state index in [1.807, 2.05) is 0 Å². The van der Waals surface area contributed by atoms with Crippen LogP contribution in [0.15, 0.2) is 37.1 Å². The zero-order valence-corrected chi connectivity index (χ0v) is 20.9. The fourth-order valence-corrected chi connectivity index (χ4v) is 4.87. The minimum Gasteiger partial charge on any atom is -0.494 e. The van der Waals surface area contributed by atoms with Crippen LogP contribution in [0.25, 0.3) is 22.4 Å². The van der Waals surface area contributed by atoms with E-state index in [-0.39, 0.29) is 42.3 Å².